The molecule has 8 unspecified atom stereocenters. The number of fused-ring (bicyclic) bond motifs is 5. The summed E-state index contributed by atoms with van der Waals surface area (Å²) in [7, 11) is 0. The highest BCUT2D eigenvalue weighted by molar-refractivity contribution is 5.25. The average Bonchev–Trinajstić information content (AvgIpc) is 3.36. The second-order valence-electron chi connectivity index (χ2n) is 17.4. The van der Waals surface area contributed by atoms with E-state index in [4.69, 9.17) is 10.5 Å². The van der Waals surface area contributed by atoms with Gasteiger partial charge in [0.15, 0.2) is 0 Å². The largest absolute Gasteiger partial charge is 0.378 e. The molecule has 4 aliphatic carbocycles. The van der Waals surface area contributed by atoms with Gasteiger partial charge in [-0.3, -0.25) is 0 Å². The molecule has 0 spiro atoms. The molecule has 2 heteroatoms. The Kier molecular flexibility index (Phi) is 15.2. The fraction of sp³-hybridized carbons (Fsp3) is 0.952. The van der Waals surface area contributed by atoms with Crippen molar-refractivity contribution in [3.05, 3.63) is 11.6 Å². The number of nitrogens with two attached hydrogens (primary N) is 1. The molecule has 0 radical (unpaired) electrons. The van der Waals surface area contributed by atoms with Gasteiger partial charge >= 0.3 is 0 Å². The van der Waals surface area contributed by atoms with E-state index in [1.54, 1.807) is 5.57 Å². The average molecular weight is 612 g/mol. The topological polar surface area (TPSA) is 35.2 Å². The van der Waals surface area contributed by atoms with Crippen molar-refractivity contribution in [1.29, 1.82) is 0 Å². The molecule has 3 fully saturated rings. The highest BCUT2D eigenvalue weighted by Gasteiger charge is 2.59. The Morgan fingerprint density at radius 2 is 1.36 bits per heavy atom. The Bertz CT molecular complexity index is 834. The third-order valence-corrected chi connectivity index (χ3v) is 14.0. The molecule has 44 heavy (non-hydrogen) atoms. The SMILES string of the molecule is CC(C)CCCC(C)C1CCC2C3CC=C4CC(OCCCCCCCCCCCCCCCN)CCC4(C)C3CCC12C. The first-order valence-electron chi connectivity index (χ1n) is 20.3. The van der Waals surface area contributed by atoms with Crippen LogP contribution in [0, 0.1) is 46.3 Å². The number of rotatable bonds is 21. The molecule has 0 bridgehead atoms. The van der Waals surface area contributed by atoms with Crippen LogP contribution in [0.4, 0.5) is 0 Å². The predicted molar refractivity (Wildman–Crippen MR) is 192 cm³/mol. The van der Waals surface area contributed by atoms with Gasteiger partial charge in [0.25, 0.3) is 0 Å². The maximum Gasteiger partial charge on any atom is 0.0612 e. The van der Waals surface area contributed by atoms with Crippen molar-refractivity contribution in [2.75, 3.05) is 13.2 Å². The zero-order chi connectivity index (χ0) is 31.4. The Hall–Kier alpha value is -0.340. The third kappa shape index (κ3) is 9.61. The molecule has 0 saturated heterocycles. The lowest BCUT2D eigenvalue weighted by Gasteiger charge is -2.58. The quantitative estimate of drug-likeness (QED) is 0.103. The molecule has 2 nitrogen and oxygen atoms in total. The summed E-state index contributed by atoms with van der Waals surface area (Å²) in [5.74, 6) is 5.58. The van der Waals surface area contributed by atoms with Crippen LogP contribution in [-0.2, 0) is 4.74 Å². The first-order chi connectivity index (χ1) is 21.3. The smallest absolute Gasteiger partial charge is 0.0612 e. The zero-order valence-corrected chi connectivity index (χ0v) is 30.5. The lowest BCUT2D eigenvalue weighted by molar-refractivity contribution is -0.0641. The summed E-state index contributed by atoms with van der Waals surface area (Å²) in [6.07, 6.45) is 36.8. The van der Waals surface area contributed by atoms with E-state index in [0.29, 0.717) is 16.9 Å². The van der Waals surface area contributed by atoms with E-state index in [1.165, 1.54) is 154 Å². The fourth-order valence-electron chi connectivity index (χ4n) is 11.2. The molecule has 4 rings (SSSR count). The molecule has 4 aliphatic rings. The fourth-order valence-corrected chi connectivity index (χ4v) is 11.2. The van der Waals surface area contributed by atoms with Gasteiger partial charge in [-0.1, -0.05) is 136 Å². The zero-order valence-electron chi connectivity index (χ0n) is 30.5. The highest BCUT2D eigenvalue weighted by Crippen LogP contribution is 2.67. The summed E-state index contributed by atoms with van der Waals surface area (Å²) in [5, 5.41) is 0. The molecule has 2 N–H and O–H groups in total. The van der Waals surface area contributed by atoms with Crippen LogP contribution in [0.2, 0.25) is 0 Å². The number of unbranched alkanes of at least 4 members (excludes halogenated alkanes) is 12. The number of ether oxygens (including phenoxy) is 1. The maximum atomic E-state index is 6.54. The predicted octanol–water partition coefficient (Wildman–Crippen LogP) is 12.4. The Labute approximate surface area is 275 Å². The first kappa shape index (κ1) is 36.5. The number of allylic oxidation sites excluding steroid dienone is 1. The van der Waals surface area contributed by atoms with Crippen molar-refractivity contribution >= 4 is 0 Å². The van der Waals surface area contributed by atoms with Gasteiger partial charge < -0.3 is 10.5 Å². The minimum Gasteiger partial charge on any atom is -0.378 e. The van der Waals surface area contributed by atoms with Crippen molar-refractivity contribution in [3.63, 3.8) is 0 Å². The Balaban J connectivity index is 1.11. The van der Waals surface area contributed by atoms with Crippen LogP contribution in [0.15, 0.2) is 11.6 Å². The van der Waals surface area contributed by atoms with Gasteiger partial charge in [-0.15, -0.1) is 0 Å². The third-order valence-electron chi connectivity index (χ3n) is 14.0. The molecule has 0 aromatic heterocycles. The summed E-state index contributed by atoms with van der Waals surface area (Å²) in [6, 6.07) is 0. The lowest BCUT2D eigenvalue weighted by Crippen LogP contribution is -2.51. The number of hydrogen-bond donors (Lipinski definition) is 1. The Morgan fingerprint density at radius 3 is 2.00 bits per heavy atom. The second-order valence-corrected chi connectivity index (χ2v) is 17.4. The normalized spacial score (nSPS) is 34.0. The summed E-state index contributed by atoms with van der Waals surface area (Å²) in [4.78, 5) is 0. The van der Waals surface area contributed by atoms with Crippen molar-refractivity contribution < 1.29 is 4.74 Å². The molecule has 0 aliphatic heterocycles. The van der Waals surface area contributed by atoms with E-state index < -0.39 is 0 Å². The van der Waals surface area contributed by atoms with Crippen molar-refractivity contribution in [2.45, 2.75) is 195 Å². The monoisotopic (exact) mass is 612 g/mol. The minimum absolute atomic E-state index is 0.454. The lowest BCUT2D eigenvalue weighted by atomic mass is 9.47. The van der Waals surface area contributed by atoms with Gasteiger partial charge in [-0.05, 0) is 117 Å². The molecule has 0 heterocycles. The van der Waals surface area contributed by atoms with Crippen LogP contribution in [0.5, 0.6) is 0 Å². The molecule has 0 aromatic carbocycles. The van der Waals surface area contributed by atoms with Crippen molar-refractivity contribution in [1.82, 2.24) is 0 Å². The van der Waals surface area contributed by atoms with Crippen molar-refractivity contribution in [2.24, 2.45) is 52.1 Å². The molecule has 3 saturated carbocycles. The van der Waals surface area contributed by atoms with E-state index in [-0.39, 0.29) is 0 Å². The first-order valence-corrected chi connectivity index (χ1v) is 20.3. The van der Waals surface area contributed by atoms with Crippen LogP contribution in [0.25, 0.3) is 0 Å². The summed E-state index contributed by atoms with van der Waals surface area (Å²) >= 11 is 0. The summed E-state index contributed by atoms with van der Waals surface area (Å²) in [6.45, 7) is 14.7. The van der Waals surface area contributed by atoms with Crippen LogP contribution in [0.1, 0.15) is 189 Å². The van der Waals surface area contributed by atoms with Crippen molar-refractivity contribution in [3.8, 4) is 0 Å². The van der Waals surface area contributed by atoms with Crippen LogP contribution in [0.3, 0.4) is 0 Å². The molecule has 0 aromatic rings. The van der Waals surface area contributed by atoms with E-state index in [2.05, 4.69) is 40.7 Å². The van der Waals surface area contributed by atoms with Gasteiger partial charge in [0.1, 0.15) is 0 Å². The maximum absolute atomic E-state index is 6.54. The second kappa shape index (κ2) is 18.3. The molecule has 256 valence electrons. The Morgan fingerprint density at radius 1 is 0.727 bits per heavy atom. The van der Waals surface area contributed by atoms with Crippen LogP contribution in [-0.4, -0.2) is 19.3 Å². The molecule has 8 atom stereocenters. The molecular weight excluding hydrogens is 534 g/mol. The van der Waals surface area contributed by atoms with E-state index in [9.17, 15) is 0 Å². The summed E-state index contributed by atoms with van der Waals surface area (Å²) in [5.41, 5.74) is 8.43. The summed E-state index contributed by atoms with van der Waals surface area (Å²) < 4.78 is 6.54. The van der Waals surface area contributed by atoms with Gasteiger partial charge in [-0.25, -0.2) is 0 Å². The van der Waals surface area contributed by atoms with Crippen LogP contribution < -0.4 is 5.73 Å². The van der Waals surface area contributed by atoms with E-state index in [1.807, 2.05) is 0 Å². The van der Waals surface area contributed by atoms with E-state index >= 15 is 0 Å². The van der Waals surface area contributed by atoms with Gasteiger partial charge in [0.2, 0.25) is 0 Å². The van der Waals surface area contributed by atoms with Gasteiger partial charge in [0.05, 0.1) is 6.10 Å². The minimum atomic E-state index is 0.454. The molecular formula is C42H77NO. The molecule has 0 amide bonds. The van der Waals surface area contributed by atoms with Crippen LogP contribution >= 0.6 is 0 Å². The highest BCUT2D eigenvalue weighted by atomic mass is 16.5. The van der Waals surface area contributed by atoms with E-state index in [0.717, 1.165) is 48.7 Å². The number of hydrogen-bond acceptors (Lipinski definition) is 2. The van der Waals surface area contributed by atoms with Gasteiger partial charge in [-0.2, -0.15) is 0 Å². The van der Waals surface area contributed by atoms with Gasteiger partial charge in [0, 0.05) is 6.61 Å². The standard InChI is InChI=1S/C42H77NO/c1-33(2)20-19-21-34(3)38-24-25-39-37-23-22-35-32-36(26-28-41(35,4)40(37)27-29-42(38,39)5)44-31-18-16-14-12-10-8-6-7-9-11-13-15-17-30-43/h22,33-34,36-40H,6-21,23-32,43H2,1-5H3.